The predicted octanol–water partition coefficient (Wildman–Crippen LogP) is 5.40. The van der Waals surface area contributed by atoms with Crippen LogP contribution in [0.15, 0.2) is 76.3 Å². The second kappa shape index (κ2) is 8.07. The van der Waals surface area contributed by atoms with Crippen LogP contribution in [-0.2, 0) is 22.9 Å². The number of nitrogens with zero attached hydrogens (tertiary/aromatic N) is 2. The second-order valence-electron chi connectivity index (χ2n) is 7.66. The molecular weight excluding hydrogens is 448 g/mol. The lowest BCUT2D eigenvalue weighted by Gasteiger charge is -2.23. The van der Waals surface area contributed by atoms with E-state index in [1.807, 2.05) is 0 Å². The summed E-state index contributed by atoms with van der Waals surface area (Å²) in [5.74, 6) is 0.273. The Morgan fingerprint density at radius 1 is 0.969 bits per heavy atom. The fourth-order valence-electron chi connectivity index (χ4n) is 4.07. The Balaban J connectivity index is 1.69. The average Bonchev–Trinajstić information content (AvgIpc) is 3.18. The molecule has 2 heterocycles. The molecule has 4 aromatic rings. The van der Waals surface area contributed by atoms with Gasteiger partial charge < -0.3 is 4.42 Å². The van der Waals surface area contributed by atoms with Gasteiger partial charge in [0.1, 0.15) is 11.3 Å². The van der Waals surface area contributed by atoms with Crippen molar-refractivity contribution in [3.63, 3.8) is 0 Å². The number of aryl methyl sites for hydroxylation is 2. The van der Waals surface area contributed by atoms with Crippen LogP contribution in [0.3, 0.4) is 0 Å². The molecule has 2 aromatic carbocycles. The third-order valence-electron chi connectivity index (χ3n) is 5.64. The normalized spacial score (nSPS) is 13.7. The molecule has 5 rings (SSSR count). The van der Waals surface area contributed by atoms with Gasteiger partial charge in [-0.25, -0.2) is 8.42 Å². The first-order valence-electron chi connectivity index (χ1n) is 10.2. The zero-order chi connectivity index (χ0) is 22.3. The number of fused-ring (bicyclic) bond motifs is 3. The maximum Gasteiger partial charge on any atom is 0.272 e. The zero-order valence-corrected chi connectivity index (χ0v) is 18.6. The van der Waals surface area contributed by atoms with Gasteiger partial charge in [0.25, 0.3) is 15.9 Å². The summed E-state index contributed by atoms with van der Waals surface area (Å²) in [7, 11) is -4.22. The fourth-order valence-corrected chi connectivity index (χ4v) is 5.60. The summed E-state index contributed by atoms with van der Waals surface area (Å²) in [6.07, 6.45) is 6.76. The van der Waals surface area contributed by atoms with E-state index >= 15 is 0 Å². The SMILES string of the molecule is O=C(c1ccncc1)N(c1ccc2oc3c(c2c1)CCCC3)S(=O)(=O)c1ccc(Cl)cc1. The van der Waals surface area contributed by atoms with Crippen molar-refractivity contribution in [2.45, 2.75) is 30.6 Å². The van der Waals surface area contributed by atoms with Crippen LogP contribution in [0.1, 0.15) is 34.5 Å². The van der Waals surface area contributed by atoms with E-state index in [0.717, 1.165) is 46.7 Å². The number of aromatic nitrogens is 1. The van der Waals surface area contributed by atoms with Gasteiger partial charge in [-0.2, -0.15) is 4.31 Å². The van der Waals surface area contributed by atoms with Crippen molar-refractivity contribution in [3.8, 4) is 0 Å². The van der Waals surface area contributed by atoms with Crippen molar-refractivity contribution in [1.82, 2.24) is 4.98 Å². The lowest BCUT2D eigenvalue weighted by atomic mass is 9.96. The largest absolute Gasteiger partial charge is 0.461 e. The molecular formula is C24H19ClN2O4S. The minimum Gasteiger partial charge on any atom is -0.461 e. The molecule has 1 amide bonds. The maximum atomic E-state index is 13.6. The number of carbonyl (C=O) groups is 1. The molecule has 0 saturated carbocycles. The predicted molar refractivity (Wildman–Crippen MR) is 123 cm³/mol. The van der Waals surface area contributed by atoms with Gasteiger partial charge >= 0.3 is 0 Å². The van der Waals surface area contributed by atoms with Crippen molar-refractivity contribution < 1.29 is 17.6 Å². The van der Waals surface area contributed by atoms with E-state index in [2.05, 4.69) is 4.98 Å². The van der Waals surface area contributed by atoms with Crippen LogP contribution in [0.25, 0.3) is 11.0 Å². The van der Waals surface area contributed by atoms with E-state index in [0.29, 0.717) is 10.6 Å². The molecule has 0 aliphatic heterocycles. The number of pyridine rings is 1. The number of sulfonamides is 1. The highest BCUT2D eigenvalue weighted by Gasteiger charge is 2.32. The van der Waals surface area contributed by atoms with Crippen molar-refractivity contribution in [2.24, 2.45) is 0 Å². The Kier molecular flexibility index (Phi) is 5.23. The second-order valence-corrected chi connectivity index (χ2v) is 9.88. The lowest BCUT2D eigenvalue weighted by Crippen LogP contribution is -2.37. The summed E-state index contributed by atoms with van der Waals surface area (Å²) in [5.41, 5.74) is 2.25. The van der Waals surface area contributed by atoms with E-state index in [4.69, 9.17) is 16.0 Å². The summed E-state index contributed by atoms with van der Waals surface area (Å²) >= 11 is 5.94. The van der Waals surface area contributed by atoms with Crippen LogP contribution in [-0.4, -0.2) is 19.3 Å². The molecule has 0 N–H and O–H groups in total. The highest BCUT2D eigenvalue weighted by molar-refractivity contribution is 7.93. The average molecular weight is 467 g/mol. The van der Waals surface area contributed by atoms with Crippen LogP contribution in [0.4, 0.5) is 5.69 Å². The van der Waals surface area contributed by atoms with Gasteiger partial charge in [0, 0.05) is 40.4 Å². The minimum atomic E-state index is -4.22. The van der Waals surface area contributed by atoms with Gasteiger partial charge in [0.2, 0.25) is 0 Å². The van der Waals surface area contributed by atoms with Crippen molar-refractivity contribution in [3.05, 3.63) is 88.9 Å². The molecule has 162 valence electrons. The van der Waals surface area contributed by atoms with Crippen molar-refractivity contribution in [1.29, 1.82) is 0 Å². The number of anilines is 1. The number of furan rings is 1. The van der Waals surface area contributed by atoms with E-state index in [1.54, 1.807) is 18.2 Å². The van der Waals surface area contributed by atoms with Gasteiger partial charge in [-0.05, 0) is 73.9 Å². The topological polar surface area (TPSA) is 80.5 Å². The first-order chi connectivity index (χ1) is 15.4. The Morgan fingerprint density at radius 2 is 1.69 bits per heavy atom. The van der Waals surface area contributed by atoms with Crippen molar-refractivity contribution in [2.75, 3.05) is 4.31 Å². The molecule has 0 radical (unpaired) electrons. The molecule has 0 unspecified atom stereocenters. The molecule has 2 aromatic heterocycles. The monoisotopic (exact) mass is 466 g/mol. The Labute approximate surface area is 190 Å². The third kappa shape index (κ3) is 3.57. The highest BCUT2D eigenvalue weighted by Crippen LogP contribution is 2.36. The van der Waals surface area contributed by atoms with Crippen LogP contribution >= 0.6 is 11.6 Å². The van der Waals surface area contributed by atoms with E-state index in [9.17, 15) is 13.2 Å². The third-order valence-corrected chi connectivity index (χ3v) is 7.61. The first kappa shape index (κ1) is 20.7. The fraction of sp³-hybridized carbons (Fsp3) is 0.167. The number of hydrogen-bond acceptors (Lipinski definition) is 5. The number of hydrogen-bond donors (Lipinski definition) is 0. The molecule has 0 spiro atoms. The summed E-state index contributed by atoms with van der Waals surface area (Å²) in [6, 6.07) is 13.8. The van der Waals surface area contributed by atoms with Crippen LogP contribution in [0.5, 0.6) is 0 Å². The molecule has 8 heteroatoms. The minimum absolute atomic E-state index is 0.0291. The molecule has 0 fully saturated rings. The summed E-state index contributed by atoms with van der Waals surface area (Å²) < 4.78 is 34.1. The first-order valence-corrected chi connectivity index (χ1v) is 12.1. The number of rotatable bonds is 4. The van der Waals surface area contributed by atoms with E-state index < -0.39 is 15.9 Å². The van der Waals surface area contributed by atoms with Crippen molar-refractivity contribution >= 4 is 44.2 Å². The van der Waals surface area contributed by atoms with E-state index in [1.165, 1.54) is 48.8 Å². The molecule has 6 nitrogen and oxygen atoms in total. The van der Waals surface area contributed by atoms with Gasteiger partial charge in [0.05, 0.1) is 10.6 Å². The molecule has 32 heavy (non-hydrogen) atoms. The molecule has 0 saturated heterocycles. The summed E-state index contributed by atoms with van der Waals surface area (Å²) in [4.78, 5) is 17.4. The van der Waals surface area contributed by atoms with Gasteiger partial charge in [0.15, 0.2) is 0 Å². The molecule has 1 aliphatic carbocycles. The van der Waals surface area contributed by atoms with Crippen LogP contribution < -0.4 is 4.31 Å². The van der Waals surface area contributed by atoms with Gasteiger partial charge in [-0.3, -0.25) is 9.78 Å². The Bertz CT molecular complexity index is 1410. The Hall–Kier alpha value is -3.16. The highest BCUT2D eigenvalue weighted by atomic mass is 35.5. The number of amides is 1. The maximum absolute atomic E-state index is 13.6. The molecule has 0 atom stereocenters. The zero-order valence-electron chi connectivity index (χ0n) is 17.0. The van der Waals surface area contributed by atoms with Gasteiger partial charge in [-0.15, -0.1) is 0 Å². The Morgan fingerprint density at radius 3 is 2.44 bits per heavy atom. The summed E-state index contributed by atoms with van der Waals surface area (Å²) in [6.45, 7) is 0. The number of benzene rings is 2. The quantitative estimate of drug-likeness (QED) is 0.402. The summed E-state index contributed by atoms with van der Waals surface area (Å²) in [5, 5.41) is 1.25. The standard InChI is InChI=1S/C24H19ClN2O4S/c25-17-5-8-19(9-6-17)32(29,30)27(24(28)16-11-13-26-14-12-16)18-7-10-23-21(15-18)20-3-1-2-4-22(20)31-23/h5-15H,1-4H2. The molecule has 0 bridgehead atoms. The van der Waals surface area contributed by atoms with E-state index in [-0.39, 0.29) is 16.1 Å². The lowest BCUT2D eigenvalue weighted by molar-refractivity contribution is 0.101. The van der Waals surface area contributed by atoms with Crippen LogP contribution in [0, 0.1) is 0 Å². The van der Waals surface area contributed by atoms with Crippen LogP contribution in [0.2, 0.25) is 5.02 Å². The number of halogens is 1. The smallest absolute Gasteiger partial charge is 0.272 e. The molecule has 1 aliphatic rings. The number of carbonyl (C=O) groups excluding carboxylic acids is 1. The van der Waals surface area contributed by atoms with Gasteiger partial charge in [-0.1, -0.05) is 11.6 Å².